The van der Waals surface area contributed by atoms with Crippen molar-refractivity contribution in [1.29, 1.82) is 0 Å². The fraction of sp³-hybridized carbons (Fsp3) is 0.312. The van der Waals surface area contributed by atoms with Crippen molar-refractivity contribution in [3.8, 4) is 5.88 Å². The van der Waals surface area contributed by atoms with Crippen LogP contribution in [0.5, 0.6) is 5.88 Å². The minimum Gasteiger partial charge on any atom is -0.494 e. The number of rotatable bonds is 3. The zero-order chi connectivity index (χ0) is 16.4. The molecule has 6 heteroatoms. The molecular formula is C16H19N3O3. The minimum atomic E-state index is -0.574. The summed E-state index contributed by atoms with van der Waals surface area (Å²) in [5, 5.41) is 10.1. The molecular weight excluding hydrogens is 282 g/mol. The first-order valence-electron chi connectivity index (χ1n) is 6.93. The van der Waals surface area contributed by atoms with Gasteiger partial charge in [0.05, 0.1) is 11.8 Å². The molecule has 0 saturated carbocycles. The molecule has 0 radical (unpaired) electrons. The third-order valence-electron chi connectivity index (χ3n) is 3.66. The van der Waals surface area contributed by atoms with Crippen molar-refractivity contribution in [2.24, 2.45) is 19.1 Å². The Labute approximate surface area is 128 Å². The summed E-state index contributed by atoms with van der Waals surface area (Å²) in [7, 11) is 2.79. The number of aliphatic imine (C=N–C) groups is 1. The third kappa shape index (κ3) is 2.72. The average Bonchev–Trinajstić information content (AvgIpc) is 2.52. The maximum Gasteiger partial charge on any atom is 0.333 e. The molecule has 2 rings (SSSR count). The fourth-order valence-corrected chi connectivity index (χ4v) is 2.31. The highest BCUT2D eigenvalue weighted by atomic mass is 16.3. The highest BCUT2D eigenvalue weighted by Gasteiger charge is 2.18. The summed E-state index contributed by atoms with van der Waals surface area (Å²) in [5.41, 5.74) is 0.317. The number of benzene rings is 1. The van der Waals surface area contributed by atoms with Gasteiger partial charge in [0, 0.05) is 14.1 Å². The van der Waals surface area contributed by atoms with Crippen molar-refractivity contribution < 1.29 is 5.11 Å². The van der Waals surface area contributed by atoms with Gasteiger partial charge in [-0.3, -0.25) is 18.9 Å². The third-order valence-corrected chi connectivity index (χ3v) is 3.66. The summed E-state index contributed by atoms with van der Waals surface area (Å²) in [5.74, 6) is -0.366. The van der Waals surface area contributed by atoms with Crippen LogP contribution in [0.25, 0.3) is 0 Å². The predicted molar refractivity (Wildman–Crippen MR) is 85.7 cm³/mol. The number of nitrogens with zero attached hydrogens (tertiary/aromatic N) is 3. The first-order valence-corrected chi connectivity index (χ1v) is 6.93. The van der Waals surface area contributed by atoms with Crippen molar-refractivity contribution in [1.82, 2.24) is 9.13 Å². The van der Waals surface area contributed by atoms with Crippen molar-refractivity contribution in [3.05, 3.63) is 62.3 Å². The van der Waals surface area contributed by atoms with E-state index in [9.17, 15) is 14.7 Å². The Bertz CT molecular complexity index is 832. The standard InChI is InChI=1S/C16H19N3O3/c1-10(12-8-6-5-7-9-12)17-11(2)13-14(20)18(3)16(22)19(4)15(13)21/h5-10,20H,1-4H3/t10-/m0/s1. The van der Waals surface area contributed by atoms with Crippen LogP contribution in [-0.2, 0) is 14.1 Å². The van der Waals surface area contributed by atoms with Gasteiger partial charge >= 0.3 is 5.69 Å². The Morgan fingerprint density at radius 1 is 1.14 bits per heavy atom. The molecule has 1 heterocycles. The molecule has 1 aromatic heterocycles. The highest BCUT2D eigenvalue weighted by molar-refractivity contribution is 6.00. The summed E-state index contributed by atoms with van der Waals surface area (Å²) >= 11 is 0. The SMILES string of the molecule is CC(=N[C@@H](C)c1ccccc1)c1c(O)n(C)c(=O)n(C)c1=O. The maximum absolute atomic E-state index is 12.2. The van der Waals surface area contributed by atoms with E-state index >= 15 is 0 Å². The summed E-state index contributed by atoms with van der Waals surface area (Å²) in [6.07, 6.45) is 0. The van der Waals surface area contributed by atoms with Crippen molar-refractivity contribution in [3.63, 3.8) is 0 Å². The lowest BCUT2D eigenvalue weighted by atomic mass is 10.1. The lowest BCUT2D eigenvalue weighted by molar-refractivity contribution is 0.410. The topological polar surface area (TPSA) is 76.6 Å². The van der Waals surface area contributed by atoms with Crippen LogP contribution in [0.15, 0.2) is 44.9 Å². The quantitative estimate of drug-likeness (QED) is 0.870. The largest absolute Gasteiger partial charge is 0.494 e. The molecule has 0 bridgehead atoms. The summed E-state index contributed by atoms with van der Waals surface area (Å²) < 4.78 is 1.99. The van der Waals surface area contributed by atoms with E-state index in [0.717, 1.165) is 14.7 Å². The van der Waals surface area contributed by atoms with Crippen LogP contribution in [0.3, 0.4) is 0 Å². The molecule has 0 fully saturated rings. The molecule has 116 valence electrons. The van der Waals surface area contributed by atoms with Crippen LogP contribution < -0.4 is 11.2 Å². The Kier molecular flexibility index (Phi) is 4.30. The molecule has 0 aliphatic carbocycles. The molecule has 22 heavy (non-hydrogen) atoms. The van der Waals surface area contributed by atoms with E-state index in [1.807, 2.05) is 37.3 Å². The molecule has 0 aliphatic rings. The molecule has 0 amide bonds. The predicted octanol–water partition coefficient (Wildman–Crippen LogP) is 1.36. The summed E-state index contributed by atoms with van der Waals surface area (Å²) in [6, 6.07) is 9.48. The Morgan fingerprint density at radius 3 is 2.32 bits per heavy atom. The summed E-state index contributed by atoms with van der Waals surface area (Å²) in [6.45, 7) is 3.56. The van der Waals surface area contributed by atoms with Gasteiger partial charge in [-0.15, -0.1) is 0 Å². The first-order chi connectivity index (χ1) is 10.3. The fourth-order valence-electron chi connectivity index (χ4n) is 2.31. The van der Waals surface area contributed by atoms with E-state index in [4.69, 9.17) is 0 Å². The van der Waals surface area contributed by atoms with Gasteiger partial charge in [0.1, 0.15) is 5.56 Å². The molecule has 0 saturated heterocycles. The normalized spacial score (nSPS) is 13.2. The van der Waals surface area contributed by atoms with Crippen LogP contribution in [0.2, 0.25) is 0 Å². The van der Waals surface area contributed by atoms with Crippen molar-refractivity contribution in [2.45, 2.75) is 19.9 Å². The Morgan fingerprint density at radius 2 is 1.73 bits per heavy atom. The van der Waals surface area contributed by atoms with Crippen molar-refractivity contribution in [2.75, 3.05) is 0 Å². The van der Waals surface area contributed by atoms with Gasteiger partial charge in [-0.1, -0.05) is 30.3 Å². The Hall–Kier alpha value is -2.63. The van der Waals surface area contributed by atoms with Gasteiger partial charge < -0.3 is 5.11 Å². The number of aromatic hydroxyl groups is 1. The van der Waals surface area contributed by atoms with Gasteiger partial charge in [0.15, 0.2) is 0 Å². The van der Waals surface area contributed by atoms with Gasteiger partial charge in [0.25, 0.3) is 5.56 Å². The molecule has 6 nitrogen and oxygen atoms in total. The van der Waals surface area contributed by atoms with Crippen molar-refractivity contribution >= 4 is 5.71 Å². The molecule has 1 atom stereocenters. The van der Waals surface area contributed by atoms with E-state index < -0.39 is 11.2 Å². The van der Waals surface area contributed by atoms with E-state index in [-0.39, 0.29) is 17.5 Å². The maximum atomic E-state index is 12.2. The minimum absolute atomic E-state index is 0.0485. The second kappa shape index (κ2) is 6.01. The molecule has 1 N–H and O–H groups in total. The summed E-state index contributed by atoms with van der Waals surface area (Å²) in [4.78, 5) is 28.5. The Balaban J connectivity index is 2.55. The highest BCUT2D eigenvalue weighted by Crippen LogP contribution is 2.18. The number of hydrogen-bond acceptors (Lipinski definition) is 4. The zero-order valence-electron chi connectivity index (χ0n) is 13.1. The average molecular weight is 301 g/mol. The molecule has 0 spiro atoms. The monoisotopic (exact) mass is 301 g/mol. The molecule has 0 unspecified atom stereocenters. The van der Waals surface area contributed by atoms with Gasteiger partial charge in [-0.2, -0.15) is 0 Å². The first kappa shape index (κ1) is 15.8. The van der Waals surface area contributed by atoms with Crippen LogP contribution >= 0.6 is 0 Å². The zero-order valence-corrected chi connectivity index (χ0v) is 13.1. The lowest BCUT2D eigenvalue weighted by Crippen LogP contribution is -2.39. The van der Waals surface area contributed by atoms with Gasteiger partial charge in [-0.25, -0.2) is 4.79 Å². The van der Waals surface area contributed by atoms with E-state index in [0.29, 0.717) is 5.71 Å². The number of aromatic nitrogens is 2. The van der Waals surface area contributed by atoms with Gasteiger partial charge in [0.2, 0.25) is 5.88 Å². The molecule has 2 aromatic rings. The van der Waals surface area contributed by atoms with E-state index in [1.165, 1.54) is 14.1 Å². The van der Waals surface area contributed by atoms with Crippen LogP contribution in [0, 0.1) is 0 Å². The molecule has 1 aromatic carbocycles. The number of hydrogen-bond donors (Lipinski definition) is 1. The second-order valence-corrected chi connectivity index (χ2v) is 5.21. The smallest absolute Gasteiger partial charge is 0.333 e. The second-order valence-electron chi connectivity index (χ2n) is 5.21. The van der Waals surface area contributed by atoms with E-state index in [1.54, 1.807) is 6.92 Å². The van der Waals surface area contributed by atoms with E-state index in [2.05, 4.69) is 4.99 Å². The van der Waals surface area contributed by atoms with Crippen LogP contribution in [0.1, 0.15) is 31.0 Å². The van der Waals surface area contributed by atoms with Crippen LogP contribution in [0.4, 0.5) is 0 Å². The van der Waals surface area contributed by atoms with Gasteiger partial charge in [-0.05, 0) is 19.4 Å². The molecule has 0 aliphatic heterocycles. The van der Waals surface area contributed by atoms with Crippen LogP contribution in [-0.4, -0.2) is 20.0 Å². The lowest BCUT2D eigenvalue weighted by Gasteiger charge is -2.12.